The molecule has 7 nitrogen and oxygen atoms in total. The van der Waals surface area contributed by atoms with Gasteiger partial charge >= 0.3 is 0 Å². The molecule has 3 rings (SSSR count). The van der Waals surface area contributed by atoms with Crippen molar-refractivity contribution in [2.75, 3.05) is 11.3 Å². The van der Waals surface area contributed by atoms with E-state index in [1.54, 1.807) is 6.20 Å². The van der Waals surface area contributed by atoms with Crippen LogP contribution < -0.4 is 11.3 Å². The molecule has 0 spiro atoms. The third-order valence-electron chi connectivity index (χ3n) is 3.47. The molecule has 3 aromatic rings. The lowest BCUT2D eigenvalue weighted by Gasteiger charge is -2.04. The highest BCUT2D eigenvalue weighted by atomic mass is 32.2. The molecule has 0 atom stereocenters. The van der Waals surface area contributed by atoms with Crippen LogP contribution in [0.4, 0.5) is 5.95 Å². The van der Waals surface area contributed by atoms with Gasteiger partial charge in [-0.2, -0.15) is 5.10 Å². The number of nitrogen functional groups attached to an aromatic ring is 1. The number of thioether (sulfide) groups is 1. The van der Waals surface area contributed by atoms with Gasteiger partial charge in [0.1, 0.15) is 0 Å². The second-order valence-electron chi connectivity index (χ2n) is 5.48. The van der Waals surface area contributed by atoms with Crippen molar-refractivity contribution in [1.29, 1.82) is 0 Å². The van der Waals surface area contributed by atoms with E-state index in [9.17, 15) is 0 Å². The molecule has 0 aliphatic rings. The minimum atomic E-state index is 0.377. The van der Waals surface area contributed by atoms with Gasteiger partial charge in [-0.3, -0.25) is 4.98 Å². The molecule has 2 heterocycles. The number of hydrazone groups is 1. The average molecular weight is 353 g/mol. The lowest BCUT2D eigenvalue weighted by Crippen LogP contribution is -2.14. The lowest BCUT2D eigenvalue weighted by molar-refractivity contribution is 0.846. The Morgan fingerprint density at radius 1 is 1.24 bits per heavy atom. The lowest BCUT2D eigenvalue weighted by atomic mass is 10.2. The maximum Gasteiger partial charge on any atom is 0.264 e. The standard InChI is InChI=1S/C17H19N7S/c1-12-6-5-7-14(10-12)11-25-17-23-22-16(24(17)18)21-20-13(2)15-8-3-4-9-19-15/h3-10H,11,18H2,1-2H3,(H,21,22)/b20-13+. The van der Waals surface area contributed by atoms with E-state index >= 15 is 0 Å². The minimum Gasteiger partial charge on any atom is -0.334 e. The Morgan fingerprint density at radius 3 is 2.88 bits per heavy atom. The number of benzene rings is 1. The summed E-state index contributed by atoms with van der Waals surface area (Å²) in [7, 11) is 0. The Morgan fingerprint density at radius 2 is 2.12 bits per heavy atom. The minimum absolute atomic E-state index is 0.377. The number of hydrogen-bond acceptors (Lipinski definition) is 7. The van der Waals surface area contributed by atoms with Crippen molar-refractivity contribution in [2.24, 2.45) is 5.10 Å². The van der Waals surface area contributed by atoms with Crippen LogP contribution in [0.1, 0.15) is 23.7 Å². The summed E-state index contributed by atoms with van der Waals surface area (Å²) in [6, 6.07) is 14.0. The highest BCUT2D eigenvalue weighted by molar-refractivity contribution is 7.98. The predicted molar refractivity (Wildman–Crippen MR) is 101 cm³/mol. The van der Waals surface area contributed by atoms with Crippen LogP contribution in [0.5, 0.6) is 0 Å². The number of aromatic nitrogens is 4. The van der Waals surface area contributed by atoms with E-state index in [4.69, 9.17) is 5.84 Å². The Bertz CT molecular complexity index is 874. The maximum absolute atomic E-state index is 6.05. The molecular formula is C17H19N7S. The fourth-order valence-corrected chi connectivity index (χ4v) is 2.97. The van der Waals surface area contributed by atoms with Crippen molar-refractivity contribution in [3.63, 3.8) is 0 Å². The Balaban J connectivity index is 1.65. The number of hydrogen-bond donors (Lipinski definition) is 2. The zero-order valence-electron chi connectivity index (χ0n) is 14.0. The number of nitrogens with zero attached hydrogens (tertiary/aromatic N) is 5. The first-order chi connectivity index (χ1) is 12.1. The van der Waals surface area contributed by atoms with Gasteiger partial charge in [-0.15, -0.1) is 10.2 Å². The van der Waals surface area contributed by atoms with E-state index in [-0.39, 0.29) is 0 Å². The van der Waals surface area contributed by atoms with Crippen molar-refractivity contribution >= 4 is 23.4 Å². The molecule has 0 saturated carbocycles. The Hall–Kier alpha value is -2.87. The van der Waals surface area contributed by atoms with Crippen LogP contribution >= 0.6 is 11.8 Å². The molecule has 0 amide bonds. The summed E-state index contributed by atoms with van der Waals surface area (Å²) in [6.07, 6.45) is 1.72. The van der Waals surface area contributed by atoms with E-state index in [1.807, 2.05) is 31.2 Å². The summed E-state index contributed by atoms with van der Waals surface area (Å²) in [5, 5.41) is 13.0. The molecule has 0 bridgehead atoms. The summed E-state index contributed by atoms with van der Waals surface area (Å²) in [6.45, 7) is 3.93. The van der Waals surface area contributed by atoms with Crippen LogP contribution in [0.3, 0.4) is 0 Å². The number of nitrogens with two attached hydrogens (primary N) is 1. The van der Waals surface area contributed by atoms with E-state index in [0.29, 0.717) is 11.1 Å². The highest BCUT2D eigenvalue weighted by Gasteiger charge is 2.10. The maximum atomic E-state index is 6.05. The van der Waals surface area contributed by atoms with Crippen LogP contribution in [0.15, 0.2) is 58.9 Å². The summed E-state index contributed by atoms with van der Waals surface area (Å²) in [4.78, 5) is 4.24. The van der Waals surface area contributed by atoms with Crippen molar-refractivity contribution in [1.82, 2.24) is 19.9 Å². The molecule has 8 heteroatoms. The summed E-state index contributed by atoms with van der Waals surface area (Å²) < 4.78 is 1.40. The molecular weight excluding hydrogens is 334 g/mol. The van der Waals surface area contributed by atoms with E-state index in [0.717, 1.165) is 17.2 Å². The van der Waals surface area contributed by atoms with E-state index < -0.39 is 0 Å². The van der Waals surface area contributed by atoms with Gasteiger partial charge in [0.15, 0.2) is 0 Å². The highest BCUT2D eigenvalue weighted by Crippen LogP contribution is 2.22. The van der Waals surface area contributed by atoms with Crippen molar-refractivity contribution in [2.45, 2.75) is 24.8 Å². The van der Waals surface area contributed by atoms with E-state index in [2.05, 4.69) is 50.8 Å². The first-order valence-electron chi connectivity index (χ1n) is 7.74. The van der Waals surface area contributed by atoms with Crippen molar-refractivity contribution in [3.8, 4) is 0 Å². The first kappa shape index (κ1) is 17.0. The van der Waals surface area contributed by atoms with Gasteiger partial charge in [0.05, 0.1) is 11.4 Å². The molecule has 0 fully saturated rings. The predicted octanol–water partition coefficient (Wildman–Crippen LogP) is 2.82. The second kappa shape index (κ2) is 7.80. The molecule has 1 aromatic carbocycles. The van der Waals surface area contributed by atoms with Crippen molar-refractivity contribution < 1.29 is 0 Å². The summed E-state index contributed by atoms with van der Waals surface area (Å²) in [5.74, 6) is 7.19. The van der Waals surface area contributed by atoms with Gasteiger partial charge in [0.2, 0.25) is 5.16 Å². The third-order valence-corrected chi connectivity index (χ3v) is 4.49. The Kier molecular flexibility index (Phi) is 5.30. The molecule has 128 valence electrons. The fourth-order valence-electron chi connectivity index (χ4n) is 2.17. The smallest absolute Gasteiger partial charge is 0.264 e. The third kappa shape index (κ3) is 4.36. The number of pyridine rings is 1. The summed E-state index contributed by atoms with van der Waals surface area (Å²) in [5.41, 5.74) is 6.80. The molecule has 0 saturated heterocycles. The first-order valence-corrected chi connectivity index (χ1v) is 8.72. The molecule has 0 radical (unpaired) electrons. The van der Waals surface area contributed by atoms with Crippen LogP contribution in [0.25, 0.3) is 0 Å². The number of anilines is 1. The number of rotatable bonds is 6. The SMILES string of the molecule is C/C(=N\Nc1nnc(SCc2cccc(C)c2)n1N)c1ccccn1. The molecule has 0 aliphatic carbocycles. The molecule has 25 heavy (non-hydrogen) atoms. The van der Waals surface area contributed by atoms with E-state index in [1.165, 1.54) is 27.6 Å². The van der Waals surface area contributed by atoms with Crippen LogP contribution in [0.2, 0.25) is 0 Å². The van der Waals surface area contributed by atoms with Crippen molar-refractivity contribution in [3.05, 3.63) is 65.5 Å². The monoisotopic (exact) mass is 353 g/mol. The topological polar surface area (TPSA) is 94.0 Å². The second-order valence-corrected chi connectivity index (χ2v) is 6.42. The van der Waals surface area contributed by atoms with Crippen LogP contribution in [0, 0.1) is 6.92 Å². The fraction of sp³-hybridized carbons (Fsp3) is 0.176. The van der Waals surface area contributed by atoms with Crippen LogP contribution in [-0.4, -0.2) is 25.6 Å². The van der Waals surface area contributed by atoms with Gasteiger partial charge in [-0.25, -0.2) is 10.1 Å². The molecule has 3 N–H and O–H groups in total. The number of nitrogens with one attached hydrogen (secondary N) is 1. The van der Waals surface area contributed by atoms with Crippen LogP contribution in [-0.2, 0) is 5.75 Å². The quantitative estimate of drug-likeness (QED) is 0.306. The number of aryl methyl sites for hydroxylation is 1. The molecule has 0 aliphatic heterocycles. The van der Waals surface area contributed by atoms with Gasteiger partial charge in [-0.1, -0.05) is 47.7 Å². The van der Waals surface area contributed by atoms with Gasteiger partial charge in [0, 0.05) is 11.9 Å². The normalized spacial score (nSPS) is 11.5. The van der Waals surface area contributed by atoms with Gasteiger partial charge < -0.3 is 5.84 Å². The zero-order chi connectivity index (χ0) is 17.6. The van der Waals surface area contributed by atoms with Gasteiger partial charge in [0.25, 0.3) is 5.95 Å². The summed E-state index contributed by atoms with van der Waals surface area (Å²) >= 11 is 1.52. The molecule has 2 aromatic heterocycles. The largest absolute Gasteiger partial charge is 0.334 e. The Labute approximate surface area is 150 Å². The molecule has 0 unspecified atom stereocenters. The average Bonchev–Trinajstić information content (AvgIpc) is 2.98. The van der Waals surface area contributed by atoms with Gasteiger partial charge in [-0.05, 0) is 31.5 Å². The zero-order valence-corrected chi connectivity index (χ0v) is 14.9.